The van der Waals surface area contributed by atoms with E-state index in [1.54, 1.807) is 0 Å². The van der Waals surface area contributed by atoms with E-state index in [0.717, 1.165) is 6.04 Å². The minimum absolute atomic E-state index is 0.589. The molecule has 1 N–H and O–H groups in total. The summed E-state index contributed by atoms with van der Waals surface area (Å²) in [5, 5.41) is 3.64. The first-order valence-corrected chi connectivity index (χ1v) is 4.74. The van der Waals surface area contributed by atoms with Crippen molar-refractivity contribution in [2.45, 2.75) is 37.8 Å². The normalized spacial score (nSPS) is 27.5. The van der Waals surface area contributed by atoms with Crippen molar-refractivity contribution >= 4 is 0 Å². The first kappa shape index (κ1) is 6.72. The van der Waals surface area contributed by atoms with Crippen molar-refractivity contribution in [2.24, 2.45) is 0 Å². The molecule has 1 aromatic heterocycles. The molecule has 0 aliphatic heterocycles. The zero-order valence-corrected chi connectivity index (χ0v) is 7.05. The average molecular weight is 163 g/mol. The third-order valence-electron chi connectivity index (χ3n) is 2.87. The van der Waals surface area contributed by atoms with Crippen LogP contribution in [0.4, 0.5) is 0 Å². The van der Waals surface area contributed by atoms with Crippen LogP contribution in [0.5, 0.6) is 0 Å². The summed E-state index contributed by atoms with van der Waals surface area (Å²) in [6, 6.07) is 1.39. The molecule has 0 saturated heterocycles. The van der Waals surface area contributed by atoms with E-state index in [0.29, 0.717) is 6.04 Å². The van der Waals surface area contributed by atoms with Gasteiger partial charge in [-0.1, -0.05) is 0 Å². The lowest BCUT2D eigenvalue weighted by atomic mass is 10.2. The lowest BCUT2D eigenvalue weighted by Gasteiger charge is -2.10. The van der Waals surface area contributed by atoms with Gasteiger partial charge in [-0.2, -0.15) is 0 Å². The third kappa shape index (κ3) is 0.985. The highest BCUT2D eigenvalue weighted by atomic mass is 16.3. The SMILES string of the molecule is c1occ2c1CCC2NC1CC1. The van der Waals surface area contributed by atoms with Crippen LogP contribution in [-0.4, -0.2) is 6.04 Å². The summed E-state index contributed by atoms with van der Waals surface area (Å²) in [6.07, 6.45) is 8.98. The molecule has 0 spiro atoms. The Labute approximate surface area is 72.0 Å². The lowest BCUT2D eigenvalue weighted by molar-refractivity contribution is 0.498. The summed E-state index contributed by atoms with van der Waals surface area (Å²) in [4.78, 5) is 0. The molecule has 3 rings (SSSR count). The average Bonchev–Trinajstić information content (AvgIpc) is 2.63. The second-order valence-electron chi connectivity index (χ2n) is 3.88. The van der Waals surface area contributed by atoms with Gasteiger partial charge in [-0.15, -0.1) is 0 Å². The van der Waals surface area contributed by atoms with E-state index in [9.17, 15) is 0 Å². The minimum atomic E-state index is 0.589. The smallest absolute Gasteiger partial charge is 0.0953 e. The van der Waals surface area contributed by atoms with E-state index in [4.69, 9.17) is 4.42 Å². The predicted octanol–water partition coefficient (Wildman–Crippen LogP) is 2.02. The number of nitrogens with one attached hydrogen (secondary N) is 1. The standard InChI is InChI=1S/C10H13NO/c1-4-10(11-8-2-3-8)9-6-12-5-7(1)9/h5-6,8,10-11H,1-4H2. The maximum absolute atomic E-state index is 5.18. The fraction of sp³-hybridized carbons (Fsp3) is 0.600. The molecular formula is C10H13NO. The first-order chi connectivity index (χ1) is 5.93. The van der Waals surface area contributed by atoms with Crippen molar-refractivity contribution in [1.29, 1.82) is 0 Å². The van der Waals surface area contributed by atoms with Gasteiger partial charge in [-0.3, -0.25) is 0 Å². The molecule has 1 unspecified atom stereocenters. The number of furan rings is 1. The van der Waals surface area contributed by atoms with Crippen molar-refractivity contribution < 1.29 is 4.42 Å². The molecular weight excluding hydrogens is 150 g/mol. The fourth-order valence-electron chi connectivity index (χ4n) is 2.01. The fourth-order valence-corrected chi connectivity index (χ4v) is 2.01. The van der Waals surface area contributed by atoms with Gasteiger partial charge in [0.25, 0.3) is 0 Å². The highest BCUT2D eigenvalue weighted by Gasteiger charge is 2.30. The Morgan fingerprint density at radius 1 is 1.25 bits per heavy atom. The number of aryl methyl sites for hydroxylation is 1. The zero-order chi connectivity index (χ0) is 7.97. The van der Waals surface area contributed by atoms with E-state index >= 15 is 0 Å². The third-order valence-corrected chi connectivity index (χ3v) is 2.87. The van der Waals surface area contributed by atoms with Crippen molar-refractivity contribution in [3.63, 3.8) is 0 Å². The van der Waals surface area contributed by atoms with Gasteiger partial charge in [0.1, 0.15) is 0 Å². The van der Waals surface area contributed by atoms with Gasteiger partial charge < -0.3 is 9.73 Å². The Kier molecular flexibility index (Phi) is 1.32. The van der Waals surface area contributed by atoms with Gasteiger partial charge in [0.2, 0.25) is 0 Å². The lowest BCUT2D eigenvalue weighted by Crippen LogP contribution is -2.20. The Morgan fingerprint density at radius 2 is 2.17 bits per heavy atom. The molecule has 1 fully saturated rings. The summed E-state index contributed by atoms with van der Waals surface area (Å²) in [5.74, 6) is 0. The van der Waals surface area contributed by atoms with Crippen molar-refractivity contribution in [3.8, 4) is 0 Å². The molecule has 0 amide bonds. The summed E-state index contributed by atoms with van der Waals surface area (Å²) >= 11 is 0. The summed E-state index contributed by atoms with van der Waals surface area (Å²) < 4.78 is 5.18. The minimum Gasteiger partial charge on any atom is -0.472 e. The van der Waals surface area contributed by atoms with Crippen LogP contribution in [0.2, 0.25) is 0 Å². The van der Waals surface area contributed by atoms with Gasteiger partial charge in [-0.25, -0.2) is 0 Å². The molecule has 0 radical (unpaired) electrons. The van der Waals surface area contributed by atoms with Crippen molar-refractivity contribution in [1.82, 2.24) is 5.32 Å². The van der Waals surface area contributed by atoms with Gasteiger partial charge in [0.15, 0.2) is 0 Å². The molecule has 12 heavy (non-hydrogen) atoms. The largest absolute Gasteiger partial charge is 0.472 e. The van der Waals surface area contributed by atoms with Crippen LogP contribution in [0.15, 0.2) is 16.9 Å². The maximum atomic E-state index is 5.18. The highest BCUT2D eigenvalue weighted by molar-refractivity contribution is 5.30. The Balaban J connectivity index is 1.80. The molecule has 1 aromatic rings. The predicted molar refractivity (Wildman–Crippen MR) is 45.9 cm³/mol. The van der Waals surface area contributed by atoms with Gasteiger partial charge in [-0.05, 0) is 31.2 Å². The van der Waals surface area contributed by atoms with Crippen LogP contribution in [0.25, 0.3) is 0 Å². The van der Waals surface area contributed by atoms with E-state index in [1.165, 1.54) is 36.8 Å². The number of hydrogen-bond donors (Lipinski definition) is 1. The molecule has 2 heteroatoms. The van der Waals surface area contributed by atoms with E-state index in [2.05, 4.69) is 5.32 Å². The van der Waals surface area contributed by atoms with E-state index in [-0.39, 0.29) is 0 Å². The van der Waals surface area contributed by atoms with Gasteiger partial charge >= 0.3 is 0 Å². The molecule has 1 saturated carbocycles. The second kappa shape index (κ2) is 2.36. The number of fused-ring (bicyclic) bond motifs is 1. The maximum Gasteiger partial charge on any atom is 0.0953 e. The summed E-state index contributed by atoms with van der Waals surface area (Å²) in [5.41, 5.74) is 2.81. The van der Waals surface area contributed by atoms with Crippen LogP contribution < -0.4 is 5.32 Å². The van der Waals surface area contributed by atoms with E-state index < -0.39 is 0 Å². The first-order valence-electron chi connectivity index (χ1n) is 4.74. The zero-order valence-electron chi connectivity index (χ0n) is 7.05. The highest BCUT2D eigenvalue weighted by Crippen LogP contribution is 2.34. The molecule has 0 bridgehead atoms. The number of rotatable bonds is 2. The Hall–Kier alpha value is -0.760. The molecule has 2 nitrogen and oxygen atoms in total. The molecule has 64 valence electrons. The summed E-state index contributed by atoms with van der Waals surface area (Å²) in [7, 11) is 0. The topological polar surface area (TPSA) is 25.2 Å². The molecule has 2 aliphatic carbocycles. The Morgan fingerprint density at radius 3 is 3.00 bits per heavy atom. The van der Waals surface area contributed by atoms with Crippen molar-refractivity contribution in [2.75, 3.05) is 0 Å². The van der Waals surface area contributed by atoms with Gasteiger partial charge in [0.05, 0.1) is 12.5 Å². The monoisotopic (exact) mass is 163 g/mol. The Bertz CT molecular complexity index is 288. The molecule has 1 atom stereocenters. The van der Waals surface area contributed by atoms with Crippen LogP contribution in [0.3, 0.4) is 0 Å². The quantitative estimate of drug-likeness (QED) is 0.721. The van der Waals surface area contributed by atoms with Crippen LogP contribution in [0.1, 0.15) is 36.4 Å². The van der Waals surface area contributed by atoms with Crippen LogP contribution >= 0.6 is 0 Å². The second-order valence-corrected chi connectivity index (χ2v) is 3.88. The van der Waals surface area contributed by atoms with E-state index in [1.807, 2.05) is 12.5 Å². The summed E-state index contributed by atoms with van der Waals surface area (Å²) in [6.45, 7) is 0. The van der Waals surface area contributed by atoms with Crippen LogP contribution in [0, 0.1) is 0 Å². The molecule has 0 aromatic carbocycles. The molecule has 2 aliphatic rings. The van der Waals surface area contributed by atoms with Crippen molar-refractivity contribution in [3.05, 3.63) is 23.7 Å². The van der Waals surface area contributed by atoms with Gasteiger partial charge in [0, 0.05) is 17.6 Å². The molecule has 1 heterocycles. The number of hydrogen-bond acceptors (Lipinski definition) is 2. The van der Waals surface area contributed by atoms with Crippen LogP contribution in [-0.2, 0) is 6.42 Å².